The first-order valence-corrected chi connectivity index (χ1v) is 5.82. The number of nitrogen functional groups attached to an aromatic ring is 1. The fraction of sp³-hybridized carbons (Fsp3) is 0. The summed E-state index contributed by atoms with van der Waals surface area (Å²) in [5.74, 6) is 0.209. The summed E-state index contributed by atoms with van der Waals surface area (Å²) in [6.07, 6.45) is 0. The van der Waals surface area contributed by atoms with Crippen LogP contribution in [0.5, 0.6) is 11.5 Å². The first kappa shape index (κ1) is 12.4. The Hall–Kier alpha value is -2.06. The first-order valence-electron chi connectivity index (χ1n) is 5.03. The van der Waals surface area contributed by atoms with Crippen molar-refractivity contribution in [3.8, 4) is 17.6 Å². The van der Waals surface area contributed by atoms with Crippen LogP contribution in [0.1, 0.15) is 5.56 Å². The van der Waals surface area contributed by atoms with Crippen molar-refractivity contribution >= 4 is 21.6 Å². The molecule has 2 N–H and O–H groups in total. The molecular formula is C13H8BrFN2O. The maximum Gasteiger partial charge on any atom is 0.151 e. The number of benzene rings is 2. The van der Waals surface area contributed by atoms with Crippen LogP contribution < -0.4 is 10.5 Å². The minimum Gasteiger partial charge on any atom is -0.454 e. The fourth-order valence-electron chi connectivity index (χ4n) is 1.40. The van der Waals surface area contributed by atoms with E-state index >= 15 is 0 Å². The third-order valence-corrected chi connectivity index (χ3v) is 2.95. The molecule has 3 nitrogen and oxygen atoms in total. The Balaban J connectivity index is 2.41. The summed E-state index contributed by atoms with van der Waals surface area (Å²) in [7, 11) is 0. The molecule has 0 spiro atoms. The normalized spacial score (nSPS) is 9.83. The lowest BCUT2D eigenvalue weighted by Crippen LogP contribution is -1.95. The molecule has 18 heavy (non-hydrogen) atoms. The van der Waals surface area contributed by atoms with Gasteiger partial charge >= 0.3 is 0 Å². The number of rotatable bonds is 2. The number of hydrogen-bond donors (Lipinski definition) is 1. The zero-order valence-corrected chi connectivity index (χ0v) is 10.7. The molecule has 2 aromatic rings. The van der Waals surface area contributed by atoms with E-state index in [9.17, 15) is 4.39 Å². The van der Waals surface area contributed by atoms with Gasteiger partial charge in [-0.25, -0.2) is 4.39 Å². The standard InChI is InChI=1S/C13H8BrFN2O/c14-10-5-4-9(15)6-12(10)18-11-3-1-2-8(7-16)13(11)17/h1-6H,17H2. The van der Waals surface area contributed by atoms with Gasteiger partial charge in [-0.1, -0.05) is 6.07 Å². The lowest BCUT2D eigenvalue weighted by atomic mass is 10.2. The van der Waals surface area contributed by atoms with E-state index in [1.54, 1.807) is 18.2 Å². The summed E-state index contributed by atoms with van der Waals surface area (Å²) >= 11 is 3.25. The number of halogens is 2. The van der Waals surface area contributed by atoms with Crippen molar-refractivity contribution in [1.82, 2.24) is 0 Å². The summed E-state index contributed by atoms with van der Waals surface area (Å²) in [4.78, 5) is 0. The lowest BCUT2D eigenvalue weighted by molar-refractivity contribution is 0.476. The zero-order chi connectivity index (χ0) is 13.1. The van der Waals surface area contributed by atoms with Gasteiger partial charge in [-0.05, 0) is 40.2 Å². The molecule has 0 aromatic heterocycles. The highest BCUT2D eigenvalue weighted by Gasteiger charge is 2.09. The second-order valence-corrected chi connectivity index (χ2v) is 4.36. The van der Waals surface area contributed by atoms with E-state index < -0.39 is 5.82 Å². The molecule has 2 rings (SSSR count). The number of anilines is 1. The van der Waals surface area contributed by atoms with E-state index in [0.29, 0.717) is 21.5 Å². The van der Waals surface area contributed by atoms with E-state index in [1.165, 1.54) is 18.2 Å². The van der Waals surface area contributed by atoms with Gasteiger partial charge in [0.05, 0.1) is 15.7 Å². The van der Waals surface area contributed by atoms with E-state index in [4.69, 9.17) is 15.7 Å². The molecule has 0 fully saturated rings. The van der Waals surface area contributed by atoms with Crippen LogP contribution in [0.4, 0.5) is 10.1 Å². The molecule has 0 saturated carbocycles. The van der Waals surface area contributed by atoms with Crippen LogP contribution in [-0.2, 0) is 0 Å². The van der Waals surface area contributed by atoms with Crippen molar-refractivity contribution in [3.05, 3.63) is 52.3 Å². The Bertz CT molecular complexity index is 637. The van der Waals surface area contributed by atoms with E-state index in [2.05, 4.69) is 15.9 Å². The van der Waals surface area contributed by atoms with Gasteiger partial charge in [0.1, 0.15) is 17.6 Å². The van der Waals surface area contributed by atoms with Crippen LogP contribution in [0.2, 0.25) is 0 Å². The Morgan fingerprint density at radius 2 is 2.00 bits per heavy atom. The van der Waals surface area contributed by atoms with Crippen molar-refractivity contribution in [2.75, 3.05) is 5.73 Å². The third-order valence-electron chi connectivity index (χ3n) is 2.30. The maximum absolute atomic E-state index is 13.1. The predicted molar refractivity (Wildman–Crippen MR) is 69.7 cm³/mol. The minimum absolute atomic E-state index is 0.233. The molecule has 0 aliphatic carbocycles. The average Bonchev–Trinajstić information content (AvgIpc) is 2.36. The predicted octanol–water partition coefficient (Wildman–Crippen LogP) is 3.83. The molecule has 5 heteroatoms. The van der Waals surface area contributed by atoms with Crippen molar-refractivity contribution in [1.29, 1.82) is 5.26 Å². The number of hydrogen-bond acceptors (Lipinski definition) is 3. The molecule has 0 aliphatic rings. The molecule has 2 aromatic carbocycles. The number of para-hydroxylation sites is 1. The summed E-state index contributed by atoms with van der Waals surface area (Å²) in [5, 5.41) is 8.85. The number of nitriles is 1. The van der Waals surface area contributed by atoms with Crippen LogP contribution in [0.25, 0.3) is 0 Å². The summed E-state index contributed by atoms with van der Waals surface area (Å²) < 4.78 is 19.2. The molecule has 0 aliphatic heterocycles. The van der Waals surface area contributed by atoms with Crippen molar-refractivity contribution < 1.29 is 9.13 Å². The number of ether oxygens (including phenoxy) is 1. The Morgan fingerprint density at radius 3 is 2.72 bits per heavy atom. The van der Waals surface area contributed by atoms with E-state index in [-0.39, 0.29) is 5.69 Å². The Labute approximate surface area is 112 Å². The summed E-state index contributed by atoms with van der Waals surface area (Å²) in [5.41, 5.74) is 6.33. The van der Waals surface area contributed by atoms with Gasteiger partial charge in [0.25, 0.3) is 0 Å². The smallest absolute Gasteiger partial charge is 0.151 e. The molecule has 0 saturated heterocycles. The highest BCUT2D eigenvalue weighted by molar-refractivity contribution is 9.10. The Morgan fingerprint density at radius 1 is 1.22 bits per heavy atom. The second kappa shape index (κ2) is 5.07. The molecule has 90 valence electrons. The van der Waals surface area contributed by atoms with Gasteiger partial charge in [-0.3, -0.25) is 0 Å². The maximum atomic E-state index is 13.1. The summed E-state index contributed by atoms with van der Waals surface area (Å²) in [6.45, 7) is 0. The van der Waals surface area contributed by atoms with Crippen molar-refractivity contribution in [2.45, 2.75) is 0 Å². The number of nitrogens with two attached hydrogens (primary N) is 1. The minimum atomic E-state index is -0.414. The molecular weight excluding hydrogens is 299 g/mol. The fourth-order valence-corrected chi connectivity index (χ4v) is 1.73. The lowest BCUT2D eigenvalue weighted by Gasteiger charge is -2.10. The van der Waals surface area contributed by atoms with E-state index in [0.717, 1.165) is 0 Å². The molecule has 0 bridgehead atoms. The monoisotopic (exact) mass is 306 g/mol. The van der Waals surface area contributed by atoms with Gasteiger partial charge in [-0.15, -0.1) is 0 Å². The second-order valence-electron chi connectivity index (χ2n) is 3.51. The van der Waals surface area contributed by atoms with Crippen LogP contribution in [0, 0.1) is 17.1 Å². The quantitative estimate of drug-likeness (QED) is 0.858. The van der Waals surface area contributed by atoms with Crippen LogP contribution in [-0.4, -0.2) is 0 Å². The molecule has 0 amide bonds. The van der Waals surface area contributed by atoms with E-state index in [1.807, 2.05) is 6.07 Å². The number of nitrogens with zero attached hydrogens (tertiary/aromatic N) is 1. The topological polar surface area (TPSA) is 59.0 Å². The van der Waals surface area contributed by atoms with Gasteiger partial charge < -0.3 is 10.5 Å². The largest absolute Gasteiger partial charge is 0.454 e. The van der Waals surface area contributed by atoms with Gasteiger partial charge in [-0.2, -0.15) is 5.26 Å². The van der Waals surface area contributed by atoms with Crippen LogP contribution in [0.3, 0.4) is 0 Å². The first-order chi connectivity index (χ1) is 8.61. The van der Waals surface area contributed by atoms with Gasteiger partial charge in [0.15, 0.2) is 5.75 Å². The molecule has 0 heterocycles. The Kier molecular flexibility index (Phi) is 3.49. The van der Waals surface area contributed by atoms with Crippen molar-refractivity contribution in [2.24, 2.45) is 0 Å². The molecule has 0 unspecified atom stereocenters. The molecule has 0 atom stereocenters. The SMILES string of the molecule is N#Cc1cccc(Oc2cc(F)ccc2Br)c1N. The van der Waals surface area contributed by atoms with Gasteiger partial charge in [0, 0.05) is 6.07 Å². The highest BCUT2D eigenvalue weighted by Crippen LogP contribution is 2.34. The third kappa shape index (κ3) is 2.44. The average molecular weight is 307 g/mol. The zero-order valence-electron chi connectivity index (χ0n) is 9.15. The summed E-state index contributed by atoms with van der Waals surface area (Å²) in [6, 6.07) is 10.9. The van der Waals surface area contributed by atoms with Crippen LogP contribution in [0.15, 0.2) is 40.9 Å². The van der Waals surface area contributed by atoms with Crippen LogP contribution >= 0.6 is 15.9 Å². The van der Waals surface area contributed by atoms with Gasteiger partial charge in [0.2, 0.25) is 0 Å². The van der Waals surface area contributed by atoms with Crippen molar-refractivity contribution in [3.63, 3.8) is 0 Å². The highest BCUT2D eigenvalue weighted by atomic mass is 79.9. The molecule has 0 radical (unpaired) electrons.